The van der Waals surface area contributed by atoms with E-state index in [0.29, 0.717) is 0 Å². The van der Waals surface area contributed by atoms with Crippen LogP contribution in [0.1, 0.15) is 12.5 Å². The summed E-state index contributed by atoms with van der Waals surface area (Å²) in [6.07, 6.45) is 11.7. The smallest absolute Gasteiger partial charge is 0.165 e. The molecule has 2 aromatic heterocycles. The van der Waals surface area contributed by atoms with Gasteiger partial charge in [-0.3, -0.25) is 4.57 Å². The maximum absolute atomic E-state index is 4.78. The number of hydrogen-bond donors (Lipinski definition) is 0. The predicted molar refractivity (Wildman–Crippen MR) is 143 cm³/mol. The fourth-order valence-electron chi connectivity index (χ4n) is 4.21. The van der Waals surface area contributed by atoms with Gasteiger partial charge in [0, 0.05) is 17.4 Å². The monoisotopic (exact) mass is 439 g/mol. The number of rotatable bonds is 6. The zero-order chi connectivity index (χ0) is 23.3. The molecule has 0 spiro atoms. The lowest BCUT2D eigenvalue weighted by Gasteiger charge is -2.12. The van der Waals surface area contributed by atoms with E-state index in [1.807, 2.05) is 53.5 Å². The van der Waals surface area contributed by atoms with Crippen molar-refractivity contribution in [1.29, 1.82) is 0 Å². The van der Waals surface area contributed by atoms with Crippen LogP contribution in [0.5, 0.6) is 0 Å². The molecule has 5 rings (SSSR count). The summed E-state index contributed by atoms with van der Waals surface area (Å²) in [5.41, 5.74) is 9.54. The number of hydrogen-bond acceptors (Lipinski definition) is 2. The van der Waals surface area contributed by atoms with Crippen LogP contribution in [0.3, 0.4) is 0 Å². The molecule has 0 radical (unpaired) electrons. The molecule has 0 unspecified atom stereocenters. The Morgan fingerprint density at radius 3 is 2.29 bits per heavy atom. The van der Waals surface area contributed by atoms with E-state index in [0.717, 1.165) is 44.7 Å². The molecule has 0 aliphatic rings. The molecule has 3 aromatic carbocycles. The molecule has 3 nitrogen and oxygen atoms in total. The topological polar surface area (TPSA) is 30.7 Å². The van der Waals surface area contributed by atoms with E-state index >= 15 is 0 Å². The highest BCUT2D eigenvalue weighted by Crippen LogP contribution is 2.34. The fraction of sp³-hybridized carbons (Fsp3) is 0.0323. The van der Waals surface area contributed by atoms with Crippen molar-refractivity contribution in [3.8, 4) is 27.9 Å². The Morgan fingerprint density at radius 2 is 1.56 bits per heavy atom. The molecule has 5 aromatic rings. The van der Waals surface area contributed by atoms with Crippen molar-refractivity contribution in [2.24, 2.45) is 0 Å². The number of nitrogens with zero attached hydrogens (tertiary/aromatic N) is 3. The van der Waals surface area contributed by atoms with Gasteiger partial charge in [0.1, 0.15) is 11.8 Å². The summed E-state index contributed by atoms with van der Waals surface area (Å²) in [5, 5.41) is 0. The minimum absolute atomic E-state index is 0.841. The summed E-state index contributed by atoms with van der Waals surface area (Å²) < 4.78 is 2.03. The predicted octanol–water partition coefficient (Wildman–Crippen LogP) is 7.90. The maximum Gasteiger partial charge on any atom is 0.165 e. The van der Waals surface area contributed by atoms with Gasteiger partial charge >= 0.3 is 0 Å². The van der Waals surface area contributed by atoms with Gasteiger partial charge in [0.25, 0.3) is 0 Å². The van der Waals surface area contributed by atoms with Crippen molar-refractivity contribution in [3.63, 3.8) is 0 Å². The van der Waals surface area contributed by atoms with E-state index in [1.165, 1.54) is 5.56 Å². The molecule has 34 heavy (non-hydrogen) atoms. The third kappa shape index (κ3) is 4.12. The number of pyridine rings is 1. The Balaban J connectivity index is 1.72. The van der Waals surface area contributed by atoms with Gasteiger partial charge in [0.15, 0.2) is 5.65 Å². The third-order valence-electron chi connectivity index (χ3n) is 5.88. The van der Waals surface area contributed by atoms with Crippen LogP contribution < -0.4 is 0 Å². The molecule has 0 amide bonds. The minimum atomic E-state index is 0.841. The first-order valence-electron chi connectivity index (χ1n) is 11.3. The highest BCUT2D eigenvalue weighted by atomic mass is 15.1. The van der Waals surface area contributed by atoms with E-state index in [4.69, 9.17) is 4.98 Å². The zero-order valence-electron chi connectivity index (χ0n) is 19.1. The molecule has 0 saturated heterocycles. The van der Waals surface area contributed by atoms with Crippen LogP contribution in [0.25, 0.3) is 44.7 Å². The molecule has 0 N–H and O–H groups in total. The normalized spacial score (nSPS) is 11.9. The van der Waals surface area contributed by atoms with Crippen molar-refractivity contribution in [2.45, 2.75) is 6.92 Å². The van der Waals surface area contributed by atoms with E-state index in [-0.39, 0.29) is 0 Å². The number of imidazole rings is 1. The molecule has 164 valence electrons. The zero-order valence-corrected chi connectivity index (χ0v) is 19.1. The van der Waals surface area contributed by atoms with E-state index in [9.17, 15) is 0 Å². The van der Waals surface area contributed by atoms with Crippen molar-refractivity contribution < 1.29 is 0 Å². The van der Waals surface area contributed by atoms with Crippen LogP contribution >= 0.6 is 0 Å². The molecule has 2 heterocycles. The molecule has 0 atom stereocenters. The summed E-state index contributed by atoms with van der Waals surface area (Å²) >= 11 is 0. The first kappa shape index (κ1) is 21.4. The van der Waals surface area contributed by atoms with Crippen LogP contribution in [-0.2, 0) is 0 Å². The van der Waals surface area contributed by atoms with Gasteiger partial charge in [-0.15, -0.1) is 0 Å². The van der Waals surface area contributed by atoms with Gasteiger partial charge in [-0.1, -0.05) is 79.4 Å². The summed E-state index contributed by atoms with van der Waals surface area (Å²) in [4.78, 5) is 9.44. The van der Waals surface area contributed by atoms with E-state index in [2.05, 4.69) is 85.2 Å². The lowest BCUT2D eigenvalue weighted by molar-refractivity contribution is 1.07. The van der Waals surface area contributed by atoms with Gasteiger partial charge in [-0.25, -0.2) is 9.97 Å². The Hall–Kier alpha value is -4.50. The number of aromatic nitrogens is 3. The van der Waals surface area contributed by atoms with Gasteiger partial charge in [-0.2, -0.15) is 0 Å². The van der Waals surface area contributed by atoms with Gasteiger partial charge in [-0.05, 0) is 71.1 Å². The molecule has 0 bridgehead atoms. The molecular formula is C31H25N3. The molecule has 0 aliphatic carbocycles. The average Bonchev–Trinajstić information content (AvgIpc) is 3.34. The minimum Gasteiger partial charge on any atom is -0.283 e. The van der Waals surface area contributed by atoms with E-state index < -0.39 is 0 Å². The van der Waals surface area contributed by atoms with Crippen LogP contribution in [0.4, 0.5) is 0 Å². The first-order valence-corrected chi connectivity index (χ1v) is 11.3. The summed E-state index contributed by atoms with van der Waals surface area (Å²) in [6.45, 7) is 5.88. The Kier molecular flexibility index (Phi) is 6.00. The van der Waals surface area contributed by atoms with Crippen LogP contribution in [0.2, 0.25) is 0 Å². The number of fused-ring (bicyclic) bond motifs is 1. The summed E-state index contributed by atoms with van der Waals surface area (Å²) in [7, 11) is 0. The molecule has 0 saturated carbocycles. The van der Waals surface area contributed by atoms with Crippen molar-refractivity contribution in [2.75, 3.05) is 0 Å². The number of benzene rings is 3. The third-order valence-corrected chi connectivity index (χ3v) is 5.88. The van der Waals surface area contributed by atoms with Crippen molar-refractivity contribution in [1.82, 2.24) is 14.5 Å². The Morgan fingerprint density at radius 1 is 0.824 bits per heavy atom. The first-order chi connectivity index (χ1) is 16.8. The summed E-state index contributed by atoms with van der Waals surface area (Å²) in [5.74, 6) is 0. The quantitative estimate of drug-likeness (QED) is 0.252. The van der Waals surface area contributed by atoms with Gasteiger partial charge < -0.3 is 0 Å². The molecule has 0 aliphatic heterocycles. The highest BCUT2D eigenvalue weighted by molar-refractivity contribution is 5.93. The molecular weight excluding hydrogens is 414 g/mol. The second kappa shape index (κ2) is 9.55. The Bertz CT molecular complexity index is 1510. The van der Waals surface area contributed by atoms with Crippen LogP contribution in [-0.4, -0.2) is 14.5 Å². The van der Waals surface area contributed by atoms with E-state index in [1.54, 1.807) is 6.08 Å². The fourth-order valence-corrected chi connectivity index (χ4v) is 4.21. The highest BCUT2D eigenvalue weighted by Gasteiger charge is 2.14. The molecule has 0 fully saturated rings. The number of para-hydroxylation sites is 1. The molecule has 3 heteroatoms. The standard InChI is InChI=1S/C31H25N3/c1-3-5-12-23(4-2)25-19-26(24-13-8-6-9-14-24)21-27(20-25)29-17-18-32-31-30(29)33-22-34(31)28-15-10-7-11-16-28/h3-22H,1H2,2H3/b12-5-,23-4+. The van der Waals surface area contributed by atoms with Crippen LogP contribution in [0, 0.1) is 0 Å². The lowest BCUT2D eigenvalue weighted by atomic mass is 9.93. The second-order valence-electron chi connectivity index (χ2n) is 7.98. The largest absolute Gasteiger partial charge is 0.283 e. The van der Waals surface area contributed by atoms with Gasteiger partial charge in [0.05, 0.1) is 0 Å². The Labute approximate surface area is 200 Å². The lowest BCUT2D eigenvalue weighted by Crippen LogP contribution is -1.94. The van der Waals surface area contributed by atoms with Crippen LogP contribution in [0.15, 0.2) is 128 Å². The van der Waals surface area contributed by atoms with Gasteiger partial charge in [0.2, 0.25) is 0 Å². The van der Waals surface area contributed by atoms with Crippen molar-refractivity contribution >= 4 is 16.7 Å². The average molecular weight is 440 g/mol. The summed E-state index contributed by atoms with van der Waals surface area (Å²) in [6, 6.07) is 29.4. The van der Waals surface area contributed by atoms with Crippen molar-refractivity contribution in [3.05, 3.63) is 134 Å². The SMILES string of the molecule is C=C/C=C\C(=C/C)c1cc(-c2ccccc2)cc(-c2ccnc3c2ncn3-c2ccccc2)c1. The number of allylic oxidation sites excluding steroid dienone is 5. The maximum atomic E-state index is 4.78. The second-order valence-corrected chi connectivity index (χ2v) is 7.98.